The van der Waals surface area contributed by atoms with Crippen molar-refractivity contribution in [3.8, 4) is 0 Å². The fourth-order valence-electron chi connectivity index (χ4n) is 3.12. The van der Waals surface area contributed by atoms with Crippen LogP contribution in [0.4, 0.5) is 11.4 Å². The van der Waals surface area contributed by atoms with E-state index >= 15 is 0 Å². The molecular weight excluding hydrogens is 342 g/mol. The summed E-state index contributed by atoms with van der Waals surface area (Å²) in [7, 11) is 0. The number of rotatable bonds is 4. The summed E-state index contributed by atoms with van der Waals surface area (Å²) in [5.41, 5.74) is 2.91. The zero-order valence-corrected chi connectivity index (χ0v) is 14.5. The summed E-state index contributed by atoms with van der Waals surface area (Å²) in [6, 6.07) is 12.1. The van der Waals surface area contributed by atoms with Crippen LogP contribution < -0.4 is 10.2 Å². The first-order valence-electron chi connectivity index (χ1n) is 8.12. The lowest BCUT2D eigenvalue weighted by Crippen LogP contribution is -3.16. The number of carbonyl (C=O) groups is 1. The molecule has 0 saturated heterocycles. The van der Waals surface area contributed by atoms with Crippen molar-refractivity contribution in [3.05, 3.63) is 68.7 Å². The van der Waals surface area contributed by atoms with E-state index in [0.717, 1.165) is 19.5 Å². The third-order valence-corrected chi connectivity index (χ3v) is 4.99. The highest BCUT2D eigenvalue weighted by atomic mass is 35.5. The fraction of sp³-hybridized carbons (Fsp3) is 0.278. The Bertz CT molecular complexity index is 825. The van der Waals surface area contributed by atoms with Crippen molar-refractivity contribution in [3.63, 3.8) is 0 Å². The number of halogens is 1. The number of nitro groups is 1. The van der Waals surface area contributed by atoms with Gasteiger partial charge in [0.1, 0.15) is 6.54 Å². The second kappa shape index (κ2) is 7.21. The van der Waals surface area contributed by atoms with E-state index in [1.807, 2.05) is 19.1 Å². The molecule has 1 aliphatic heterocycles. The number of carbonyl (C=O) groups excluding carboxylic acids is 1. The zero-order valence-electron chi connectivity index (χ0n) is 13.8. The number of nitro benzene ring substituents is 1. The Labute approximate surface area is 150 Å². The van der Waals surface area contributed by atoms with E-state index in [1.54, 1.807) is 0 Å². The molecule has 0 saturated carbocycles. The minimum atomic E-state index is -0.518. The van der Waals surface area contributed by atoms with Gasteiger partial charge in [-0.3, -0.25) is 14.9 Å². The summed E-state index contributed by atoms with van der Waals surface area (Å²) in [4.78, 5) is 24.0. The number of anilines is 1. The molecule has 2 aromatic rings. The van der Waals surface area contributed by atoms with Gasteiger partial charge in [0, 0.05) is 24.1 Å². The van der Waals surface area contributed by atoms with Gasteiger partial charge in [0.2, 0.25) is 0 Å². The van der Waals surface area contributed by atoms with Crippen LogP contribution in [0.15, 0.2) is 42.5 Å². The number of fused-ring (bicyclic) bond motifs is 1. The minimum Gasteiger partial charge on any atom is -0.321 e. The van der Waals surface area contributed by atoms with Gasteiger partial charge in [-0.15, -0.1) is 0 Å². The maximum atomic E-state index is 12.6. The van der Waals surface area contributed by atoms with E-state index in [1.165, 1.54) is 34.2 Å². The van der Waals surface area contributed by atoms with Crippen LogP contribution in [0.25, 0.3) is 0 Å². The number of nitrogens with one attached hydrogen (secondary N) is 2. The highest BCUT2D eigenvalue weighted by molar-refractivity contribution is 6.34. The van der Waals surface area contributed by atoms with Crippen LogP contribution in [0.3, 0.4) is 0 Å². The summed E-state index contributed by atoms with van der Waals surface area (Å²) < 4.78 is 0. The van der Waals surface area contributed by atoms with Gasteiger partial charge in [-0.25, -0.2) is 0 Å². The Kier molecular flexibility index (Phi) is 5.01. The molecule has 0 aliphatic carbocycles. The number of quaternary nitrogens is 1. The van der Waals surface area contributed by atoms with Gasteiger partial charge in [0.15, 0.2) is 6.04 Å². The third kappa shape index (κ3) is 3.81. The zero-order chi connectivity index (χ0) is 18.0. The van der Waals surface area contributed by atoms with Crippen molar-refractivity contribution >= 4 is 28.9 Å². The maximum Gasteiger partial charge on any atom is 0.282 e. The smallest absolute Gasteiger partial charge is 0.282 e. The first-order valence-corrected chi connectivity index (χ1v) is 8.49. The van der Waals surface area contributed by atoms with Crippen molar-refractivity contribution < 1.29 is 14.6 Å². The second-order valence-electron chi connectivity index (χ2n) is 6.24. The molecule has 0 radical (unpaired) electrons. The number of non-ortho nitro benzene ring substituents is 1. The van der Waals surface area contributed by atoms with Gasteiger partial charge >= 0.3 is 0 Å². The summed E-state index contributed by atoms with van der Waals surface area (Å²) >= 11 is 6.05. The average Bonchev–Trinajstić information content (AvgIpc) is 2.62. The molecule has 1 unspecified atom stereocenters. The fourth-order valence-corrected chi connectivity index (χ4v) is 3.34. The first kappa shape index (κ1) is 17.4. The van der Waals surface area contributed by atoms with E-state index < -0.39 is 4.92 Å². The average molecular weight is 361 g/mol. The van der Waals surface area contributed by atoms with Crippen LogP contribution in [0, 0.1) is 10.1 Å². The predicted molar refractivity (Wildman–Crippen MR) is 95.9 cm³/mol. The summed E-state index contributed by atoms with van der Waals surface area (Å²) in [6.07, 6.45) is 0.946. The van der Waals surface area contributed by atoms with Gasteiger partial charge in [0.05, 0.1) is 22.2 Å². The number of hydrogen-bond acceptors (Lipinski definition) is 3. The van der Waals surface area contributed by atoms with Crippen LogP contribution in [-0.4, -0.2) is 23.4 Å². The van der Waals surface area contributed by atoms with Crippen LogP contribution in [0.1, 0.15) is 18.1 Å². The third-order valence-electron chi connectivity index (χ3n) is 4.68. The molecule has 1 heterocycles. The van der Waals surface area contributed by atoms with Crippen LogP contribution in [0.5, 0.6) is 0 Å². The van der Waals surface area contributed by atoms with Crippen molar-refractivity contribution in [2.75, 3.05) is 11.9 Å². The van der Waals surface area contributed by atoms with Crippen molar-refractivity contribution in [1.29, 1.82) is 0 Å². The maximum absolute atomic E-state index is 12.6. The van der Waals surface area contributed by atoms with E-state index in [0.29, 0.717) is 5.69 Å². The number of nitrogens with zero attached hydrogens (tertiary/aromatic N) is 1. The molecule has 1 amide bonds. The number of benzene rings is 2. The monoisotopic (exact) mass is 360 g/mol. The normalized spacial score (nSPS) is 17.4. The minimum absolute atomic E-state index is 0.102. The topological polar surface area (TPSA) is 76.7 Å². The van der Waals surface area contributed by atoms with Gasteiger partial charge < -0.3 is 10.2 Å². The van der Waals surface area contributed by atoms with Gasteiger partial charge in [-0.2, -0.15) is 0 Å². The lowest BCUT2D eigenvalue weighted by atomic mass is 9.99. The molecule has 1 aliphatic rings. The lowest BCUT2D eigenvalue weighted by molar-refractivity contribution is -0.929. The first-order chi connectivity index (χ1) is 12.0. The molecule has 2 aromatic carbocycles. The lowest BCUT2D eigenvalue weighted by Gasteiger charge is -2.30. The molecule has 0 aromatic heterocycles. The molecular formula is C18H19ClN3O3+. The Morgan fingerprint density at radius 2 is 2.00 bits per heavy atom. The highest BCUT2D eigenvalue weighted by Gasteiger charge is 2.29. The van der Waals surface area contributed by atoms with Gasteiger partial charge in [-0.05, 0) is 18.6 Å². The standard InChI is InChI=1S/C18H18ClN3O3/c1-12(21-9-8-13-4-2-3-5-14(13)11-21)18(23)20-17-7-6-15(22(24)25)10-16(17)19/h2-7,10,12H,8-9,11H2,1H3,(H,20,23)/p+1/t12-/m1/s1. The Morgan fingerprint density at radius 1 is 1.28 bits per heavy atom. The summed E-state index contributed by atoms with van der Waals surface area (Å²) in [5.74, 6) is -0.148. The molecule has 0 spiro atoms. The highest BCUT2D eigenvalue weighted by Crippen LogP contribution is 2.26. The second-order valence-corrected chi connectivity index (χ2v) is 6.64. The molecule has 25 heavy (non-hydrogen) atoms. The number of amides is 1. The van der Waals surface area contributed by atoms with Crippen LogP contribution in [-0.2, 0) is 17.8 Å². The van der Waals surface area contributed by atoms with E-state index in [9.17, 15) is 14.9 Å². The quantitative estimate of drug-likeness (QED) is 0.648. The van der Waals surface area contributed by atoms with E-state index in [-0.39, 0.29) is 22.7 Å². The van der Waals surface area contributed by atoms with Crippen LogP contribution >= 0.6 is 11.6 Å². The molecule has 130 valence electrons. The Balaban J connectivity index is 1.68. The Hall–Kier alpha value is -2.44. The largest absolute Gasteiger partial charge is 0.321 e. The summed E-state index contributed by atoms with van der Waals surface area (Å²) in [6.45, 7) is 3.58. The van der Waals surface area contributed by atoms with E-state index in [4.69, 9.17) is 11.6 Å². The molecule has 2 N–H and O–H groups in total. The summed E-state index contributed by atoms with van der Waals surface area (Å²) in [5, 5.41) is 13.7. The van der Waals surface area contributed by atoms with Crippen molar-refractivity contribution in [2.24, 2.45) is 0 Å². The van der Waals surface area contributed by atoms with Gasteiger partial charge in [0.25, 0.3) is 11.6 Å². The molecule has 0 fully saturated rings. The predicted octanol–water partition coefficient (Wildman–Crippen LogP) is 2.22. The molecule has 6 nitrogen and oxygen atoms in total. The molecule has 7 heteroatoms. The van der Waals surface area contributed by atoms with Crippen molar-refractivity contribution in [2.45, 2.75) is 25.9 Å². The molecule has 2 atom stereocenters. The SMILES string of the molecule is C[C@H](C(=O)Nc1ccc([N+](=O)[O-])cc1Cl)[NH+]1CCc2ccccc2C1. The number of hydrogen-bond donors (Lipinski definition) is 2. The van der Waals surface area contributed by atoms with Gasteiger partial charge in [-0.1, -0.05) is 35.9 Å². The van der Waals surface area contributed by atoms with E-state index in [2.05, 4.69) is 17.4 Å². The molecule has 3 rings (SSSR count). The Morgan fingerprint density at radius 3 is 2.68 bits per heavy atom. The molecule has 0 bridgehead atoms. The van der Waals surface area contributed by atoms with Crippen molar-refractivity contribution in [1.82, 2.24) is 0 Å². The van der Waals surface area contributed by atoms with Crippen LogP contribution in [0.2, 0.25) is 5.02 Å².